The molecule has 0 bridgehead atoms. The zero-order valence-corrected chi connectivity index (χ0v) is 13.0. The molecule has 0 spiro atoms. The Balaban J connectivity index is 0.000000612. The van der Waals surface area contributed by atoms with Crippen LogP contribution in [0.3, 0.4) is 0 Å². The molecule has 0 amide bonds. The SMILES string of the molecule is C#CC.CC(C)(C)c1cc(C(=O)O)cc2c1OC2(C)C. The first-order valence-electron chi connectivity index (χ1n) is 6.53. The molecule has 0 aromatic heterocycles. The highest BCUT2D eigenvalue weighted by molar-refractivity contribution is 5.89. The zero-order chi connectivity index (χ0) is 15.7. The van der Waals surface area contributed by atoms with Crippen molar-refractivity contribution in [2.75, 3.05) is 0 Å². The smallest absolute Gasteiger partial charge is 0.335 e. The molecule has 20 heavy (non-hydrogen) atoms. The molecule has 0 unspecified atom stereocenters. The molecule has 1 aromatic carbocycles. The van der Waals surface area contributed by atoms with Gasteiger partial charge >= 0.3 is 5.97 Å². The Labute approximate surface area is 121 Å². The molecule has 1 heterocycles. The van der Waals surface area contributed by atoms with E-state index in [-0.39, 0.29) is 11.0 Å². The van der Waals surface area contributed by atoms with Crippen LogP contribution < -0.4 is 4.74 Å². The average molecular weight is 274 g/mol. The van der Waals surface area contributed by atoms with E-state index in [1.165, 1.54) is 0 Å². The number of aromatic carboxylic acids is 1. The highest BCUT2D eigenvalue weighted by Crippen LogP contribution is 2.49. The van der Waals surface area contributed by atoms with Gasteiger partial charge in [-0.3, -0.25) is 0 Å². The van der Waals surface area contributed by atoms with Gasteiger partial charge in [-0.15, -0.1) is 12.3 Å². The van der Waals surface area contributed by atoms with E-state index in [0.29, 0.717) is 5.56 Å². The zero-order valence-electron chi connectivity index (χ0n) is 13.0. The van der Waals surface area contributed by atoms with Crippen LogP contribution in [0.5, 0.6) is 5.75 Å². The van der Waals surface area contributed by atoms with Crippen molar-refractivity contribution in [3.8, 4) is 18.1 Å². The molecule has 3 nitrogen and oxygen atoms in total. The maximum Gasteiger partial charge on any atom is 0.335 e. The molecular weight excluding hydrogens is 252 g/mol. The van der Waals surface area contributed by atoms with Crippen LogP contribution in [0.25, 0.3) is 0 Å². The van der Waals surface area contributed by atoms with Crippen molar-refractivity contribution in [3.63, 3.8) is 0 Å². The topological polar surface area (TPSA) is 46.5 Å². The second-order valence-electron chi connectivity index (χ2n) is 6.36. The summed E-state index contributed by atoms with van der Waals surface area (Å²) in [6.45, 7) is 11.7. The molecule has 0 saturated carbocycles. The maximum absolute atomic E-state index is 11.1. The second-order valence-corrected chi connectivity index (χ2v) is 6.36. The van der Waals surface area contributed by atoms with Gasteiger partial charge < -0.3 is 9.84 Å². The molecule has 1 aromatic rings. The third-order valence-electron chi connectivity index (χ3n) is 3.15. The summed E-state index contributed by atoms with van der Waals surface area (Å²) in [4.78, 5) is 11.1. The third kappa shape index (κ3) is 2.96. The molecule has 3 heteroatoms. The van der Waals surface area contributed by atoms with Crippen LogP contribution in [0, 0.1) is 12.3 Å². The molecule has 0 radical (unpaired) electrons. The summed E-state index contributed by atoms with van der Waals surface area (Å²) in [6, 6.07) is 3.44. The highest BCUT2D eigenvalue weighted by atomic mass is 16.5. The van der Waals surface area contributed by atoms with E-state index >= 15 is 0 Å². The van der Waals surface area contributed by atoms with Crippen LogP contribution in [0.1, 0.15) is 63.0 Å². The molecule has 1 aliphatic rings. The first-order valence-corrected chi connectivity index (χ1v) is 6.53. The van der Waals surface area contributed by atoms with E-state index in [2.05, 4.69) is 33.1 Å². The normalized spacial score (nSPS) is 14.7. The number of carbonyl (C=O) groups is 1. The standard InChI is InChI=1S/C14H18O3.C3H4/c1-13(2,3)9-6-8(12(15)16)7-10-11(9)17-14(10,4)5;1-3-2/h6-7H,1-5H3,(H,15,16);1H,2H3. The number of benzene rings is 1. The van der Waals surface area contributed by atoms with Crippen LogP contribution in [-0.2, 0) is 11.0 Å². The van der Waals surface area contributed by atoms with Gasteiger partial charge in [0.15, 0.2) is 0 Å². The minimum Gasteiger partial charge on any atom is -0.482 e. The number of terminal acetylenes is 1. The van der Waals surface area contributed by atoms with Crippen molar-refractivity contribution < 1.29 is 14.6 Å². The van der Waals surface area contributed by atoms with E-state index in [9.17, 15) is 4.79 Å². The first kappa shape index (κ1) is 16.1. The van der Waals surface area contributed by atoms with Gasteiger partial charge in [0.05, 0.1) is 5.56 Å². The quantitative estimate of drug-likeness (QED) is 0.789. The van der Waals surface area contributed by atoms with E-state index in [4.69, 9.17) is 9.84 Å². The van der Waals surface area contributed by atoms with Crippen LogP contribution in [0.15, 0.2) is 12.1 Å². The number of fused-ring (bicyclic) bond motifs is 1. The summed E-state index contributed by atoms with van der Waals surface area (Å²) < 4.78 is 5.77. The number of rotatable bonds is 1. The summed E-state index contributed by atoms with van der Waals surface area (Å²) >= 11 is 0. The fraction of sp³-hybridized carbons (Fsp3) is 0.471. The number of hydrogen-bond donors (Lipinski definition) is 1. The van der Waals surface area contributed by atoms with Gasteiger partial charge in [-0.25, -0.2) is 4.79 Å². The average Bonchev–Trinajstić information content (AvgIpc) is 2.26. The number of hydrogen-bond acceptors (Lipinski definition) is 2. The van der Waals surface area contributed by atoms with Crippen LogP contribution >= 0.6 is 0 Å². The molecule has 0 saturated heterocycles. The summed E-state index contributed by atoms with van der Waals surface area (Å²) in [5.74, 6) is 2.22. The lowest BCUT2D eigenvalue weighted by atomic mass is 9.79. The second kappa shape index (κ2) is 5.20. The third-order valence-corrected chi connectivity index (χ3v) is 3.15. The van der Waals surface area contributed by atoms with Crippen LogP contribution in [0.2, 0.25) is 0 Å². The number of ether oxygens (including phenoxy) is 1. The summed E-state index contributed by atoms with van der Waals surface area (Å²) in [5.41, 5.74) is 1.80. The first-order chi connectivity index (χ1) is 9.04. The molecule has 0 fully saturated rings. The van der Waals surface area contributed by atoms with Gasteiger partial charge in [-0.05, 0) is 38.3 Å². The Morgan fingerprint density at radius 3 is 2.20 bits per heavy atom. The number of carboxylic acid groups (broad SMARTS) is 1. The van der Waals surface area contributed by atoms with Crippen molar-refractivity contribution in [2.45, 2.75) is 52.6 Å². The summed E-state index contributed by atoms with van der Waals surface area (Å²) in [6.07, 6.45) is 4.60. The molecule has 0 aliphatic carbocycles. The highest BCUT2D eigenvalue weighted by Gasteiger charge is 2.41. The van der Waals surface area contributed by atoms with Crippen LogP contribution in [-0.4, -0.2) is 11.1 Å². The fourth-order valence-electron chi connectivity index (χ4n) is 2.13. The van der Waals surface area contributed by atoms with Crippen molar-refractivity contribution >= 4 is 5.97 Å². The van der Waals surface area contributed by atoms with Crippen molar-refractivity contribution in [2.24, 2.45) is 0 Å². The minimum absolute atomic E-state index is 0.119. The monoisotopic (exact) mass is 274 g/mol. The molecule has 108 valence electrons. The maximum atomic E-state index is 11.1. The lowest BCUT2D eigenvalue weighted by molar-refractivity contribution is 0.0479. The van der Waals surface area contributed by atoms with Gasteiger partial charge in [-0.2, -0.15) is 0 Å². The van der Waals surface area contributed by atoms with Gasteiger partial charge in [0.2, 0.25) is 0 Å². The number of carboxylic acids is 1. The molecular formula is C17H22O3. The lowest BCUT2D eigenvalue weighted by Crippen LogP contribution is -2.37. The predicted octanol–water partition coefficient (Wildman–Crippen LogP) is 3.95. The molecule has 2 rings (SSSR count). The predicted molar refractivity (Wildman–Crippen MR) is 80.3 cm³/mol. The largest absolute Gasteiger partial charge is 0.482 e. The van der Waals surface area contributed by atoms with Gasteiger partial charge in [0.25, 0.3) is 0 Å². The van der Waals surface area contributed by atoms with E-state index in [0.717, 1.165) is 16.9 Å². The van der Waals surface area contributed by atoms with Gasteiger partial charge in [0.1, 0.15) is 11.4 Å². The Hall–Kier alpha value is -1.95. The fourth-order valence-corrected chi connectivity index (χ4v) is 2.13. The summed E-state index contributed by atoms with van der Waals surface area (Å²) in [7, 11) is 0. The van der Waals surface area contributed by atoms with Gasteiger partial charge in [0, 0.05) is 11.1 Å². The van der Waals surface area contributed by atoms with E-state index in [1.54, 1.807) is 19.1 Å². The molecule has 1 N–H and O–H groups in total. The summed E-state index contributed by atoms with van der Waals surface area (Å²) in [5, 5.41) is 9.14. The lowest BCUT2D eigenvalue weighted by Gasteiger charge is -2.42. The van der Waals surface area contributed by atoms with E-state index in [1.807, 2.05) is 13.8 Å². The molecule has 1 aliphatic heterocycles. The minimum atomic E-state index is -0.888. The van der Waals surface area contributed by atoms with Crippen molar-refractivity contribution in [1.29, 1.82) is 0 Å². The molecule has 0 atom stereocenters. The Morgan fingerprint density at radius 1 is 1.35 bits per heavy atom. The Kier molecular flexibility index (Phi) is 4.19. The van der Waals surface area contributed by atoms with Gasteiger partial charge in [-0.1, -0.05) is 20.8 Å². The Morgan fingerprint density at radius 2 is 1.85 bits per heavy atom. The van der Waals surface area contributed by atoms with Crippen molar-refractivity contribution in [3.05, 3.63) is 28.8 Å². The van der Waals surface area contributed by atoms with E-state index < -0.39 is 5.97 Å². The van der Waals surface area contributed by atoms with Crippen LogP contribution in [0.4, 0.5) is 0 Å². The van der Waals surface area contributed by atoms with Crippen molar-refractivity contribution in [1.82, 2.24) is 0 Å². The Bertz CT molecular complexity index is 569.